The van der Waals surface area contributed by atoms with Crippen LogP contribution in [0.3, 0.4) is 0 Å². The van der Waals surface area contributed by atoms with Gasteiger partial charge in [-0.1, -0.05) is 66.5 Å². The first kappa shape index (κ1) is 13.5. The number of halogens is 2. The van der Waals surface area contributed by atoms with E-state index in [0.29, 0.717) is 11.3 Å². The minimum atomic E-state index is -0.141. The maximum Gasteiger partial charge on any atom is 0.131 e. The van der Waals surface area contributed by atoms with Crippen molar-refractivity contribution in [3.63, 3.8) is 0 Å². The summed E-state index contributed by atoms with van der Waals surface area (Å²) in [6.07, 6.45) is 2.24. The van der Waals surface area contributed by atoms with Crippen LogP contribution in [0.2, 0.25) is 0 Å². The van der Waals surface area contributed by atoms with Crippen molar-refractivity contribution in [1.29, 1.82) is 0 Å². The fraction of sp³-hybridized carbons (Fsp3) is 0.375. The molecule has 2 aromatic carbocycles. The third-order valence-corrected chi connectivity index (χ3v) is 4.42. The third kappa shape index (κ3) is 2.74. The van der Waals surface area contributed by atoms with E-state index in [9.17, 15) is 4.39 Å². The van der Waals surface area contributed by atoms with Crippen molar-refractivity contribution < 1.29 is 4.39 Å². The van der Waals surface area contributed by atoms with Crippen molar-refractivity contribution in [2.45, 2.75) is 31.5 Å². The van der Waals surface area contributed by atoms with Gasteiger partial charge in [-0.2, -0.15) is 0 Å². The van der Waals surface area contributed by atoms with Crippen LogP contribution in [-0.4, -0.2) is 0 Å². The highest BCUT2D eigenvalue weighted by molar-refractivity contribution is 9.09. The van der Waals surface area contributed by atoms with E-state index in [-0.39, 0.29) is 10.6 Å². The first-order chi connectivity index (χ1) is 8.63. The van der Waals surface area contributed by atoms with Crippen LogP contribution < -0.4 is 0 Å². The Hall–Kier alpha value is -0.890. The molecule has 0 aliphatic heterocycles. The minimum absolute atomic E-state index is 0.141. The van der Waals surface area contributed by atoms with Gasteiger partial charge in [0.25, 0.3) is 0 Å². The summed E-state index contributed by atoms with van der Waals surface area (Å²) in [5.74, 6) is 0.524. The fourth-order valence-electron chi connectivity index (χ4n) is 2.21. The molecule has 2 heteroatoms. The van der Waals surface area contributed by atoms with Crippen LogP contribution in [0.25, 0.3) is 10.8 Å². The molecule has 2 aromatic rings. The molecule has 2 unspecified atom stereocenters. The molecule has 0 spiro atoms. The highest BCUT2D eigenvalue weighted by atomic mass is 79.9. The van der Waals surface area contributed by atoms with Crippen LogP contribution in [-0.2, 0) is 0 Å². The maximum absolute atomic E-state index is 13.7. The number of alkyl halides is 1. The second kappa shape index (κ2) is 5.83. The van der Waals surface area contributed by atoms with Gasteiger partial charge in [0.05, 0.1) is 0 Å². The minimum Gasteiger partial charge on any atom is -0.206 e. The van der Waals surface area contributed by atoms with E-state index in [0.717, 1.165) is 11.8 Å². The average Bonchev–Trinajstić information content (AvgIpc) is 2.39. The monoisotopic (exact) mass is 308 g/mol. The number of fused-ring (bicyclic) bond motifs is 1. The van der Waals surface area contributed by atoms with E-state index in [4.69, 9.17) is 0 Å². The van der Waals surface area contributed by atoms with Crippen LogP contribution >= 0.6 is 15.9 Å². The van der Waals surface area contributed by atoms with Gasteiger partial charge in [-0.3, -0.25) is 0 Å². The Morgan fingerprint density at radius 2 is 1.78 bits per heavy atom. The molecule has 0 nitrogen and oxygen atoms in total. The maximum atomic E-state index is 13.7. The first-order valence-electron chi connectivity index (χ1n) is 6.44. The molecule has 0 heterocycles. The number of rotatable bonds is 4. The van der Waals surface area contributed by atoms with Gasteiger partial charge in [0.15, 0.2) is 0 Å². The quantitative estimate of drug-likeness (QED) is 0.621. The summed E-state index contributed by atoms with van der Waals surface area (Å²) in [5, 5.41) is 1.73. The van der Waals surface area contributed by atoms with Gasteiger partial charge in [0.1, 0.15) is 5.82 Å². The predicted molar refractivity (Wildman–Crippen MR) is 79.6 cm³/mol. The number of hydrogen-bond acceptors (Lipinski definition) is 0. The molecule has 0 fully saturated rings. The molecule has 0 amide bonds. The summed E-state index contributed by atoms with van der Waals surface area (Å²) in [6.45, 7) is 4.45. The second-order valence-corrected chi connectivity index (χ2v) is 6.00. The summed E-state index contributed by atoms with van der Waals surface area (Å²) >= 11 is 3.75. The summed E-state index contributed by atoms with van der Waals surface area (Å²) in [5.41, 5.74) is 1.19. The zero-order chi connectivity index (χ0) is 13.1. The van der Waals surface area contributed by atoms with Crippen molar-refractivity contribution in [1.82, 2.24) is 0 Å². The lowest BCUT2D eigenvalue weighted by molar-refractivity contribution is 0.515. The van der Waals surface area contributed by atoms with Gasteiger partial charge >= 0.3 is 0 Å². The molecule has 0 aliphatic carbocycles. The van der Waals surface area contributed by atoms with E-state index >= 15 is 0 Å². The molecule has 18 heavy (non-hydrogen) atoms. The summed E-state index contributed by atoms with van der Waals surface area (Å²) < 4.78 is 13.7. The van der Waals surface area contributed by atoms with Crippen LogP contribution in [0.5, 0.6) is 0 Å². The normalized spacial score (nSPS) is 14.7. The Bertz CT molecular complexity index is 536. The third-order valence-electron chi connectivity index (χ3n) is 3.55. The fourth-order valence-corrected chi connectivity index (χ4v) is 3.24. The molecular weight excluding hydrogens is 291 g/mol. The van der Waals surface area contributed by atoms with Crippen molar-refractivity contribution in [2.24, 2.45) is 5.92 Å². The Labute approximate surface area is 116 Å². The Morgan fingerprint density at radius 1 is 1.11 bits per heavy atom. The van der Waals surface area contributed by atoms with E-state index in [1.807, 2.05) is 30.3 Å². The summed E-state index contributed by atoms with van der Waals surface area (Å²) in [4.78, 5) is 0.290. The van der Waals surface area contributed by atoms with Crippen molar-refractivity contribution >= 4 is 26.7 Å². The Kier molecular flexibility index (Phi) is 4.39. The lowest BCUT2D eigenvalue weighted by Crippen LogP contribution is -2.00. The van der Waals surface area contributed by atoms with Crippen LogP contribution in [0.1, 0.15) is 37.1 Å². The highest BCUT2D eigenvalue weighted by Crippen LogP contribution is 2.35. The predicted octanol–water partition coefficient (Wildman–Crippen LogP) is 5.85. The van der Waals surface area contributed by atoms with Gasteiger partial charge in [0.2, 0.25) is 0 Å². The van der Waals surface area contributed by atoms with Gasteiger partial charge in [0, 0.05) is 10.2 Å². The largest absolute Gasteiger partial charge is 0.206 e. The second-order valence-electron chi connectivity index (χ2n) is 4.90. The molecule has 2 atom stereocenters. The molecule has 0 aromatic heterocycles. The van der Waals surface area contributed by atoms with E-state index in [2.05, 4.69) is 29.8 Å². The molecule has 96 valence electrons. The van der Waals surface area contributed by atoms with Gasteiger partial charge in [-0.15, -0.1) is 0 Å². The van der Waals surface area contributed by atoms with Crippen LogP contribution in [0, 0.1) is 11.7 Å². The van der Waals surface area contributed by atoms with E-state index in [1.54, 1.807) is 6.07 Å². The van der Waals surface area contributed by atoms with Gasteiger partial charge < -0.3 is 0 Å². The van der Waals surface area contributed by atoms with Crippen molar-refractivity contribution in [3.05, 3.63) is 47.8 Å². The highest BCUT2D eigenvalue weighted by Gasteiger charge is 2.15. The standard InChI is InChI=1S/C16H18BrF/c1-3-11(2)10-15(17)13-8-9-16(18)14-7-5-4-6-12(13)14/h4-9,11,15H,3,10H2,1-2H3. The number of hydrogen-bond donors (Lipinski definition) is 0. The van der Waals surface area contributed by atoms with Gasteiger partial charge in [-0.05, 0) is 29.4 Å². The van der Waals surface area contributed by atoms with Gasteiger partial charge in [-0.25, -0.2) is 4.39 Å². The van der Waals surface area contributed by atoms with Crippen LogP contribution in [0.15, 0.2) is 36.4 Å². The SMILES string of the molecule is CCC(C)CC(Br)c1ccc(F)c2ccccc12. The van der Waals surface area contributed by atoms with E-state index < -0.39 is 0 Å². The molecule has 0 saturated carbocycles. The lowest BCUT2D eigenvalue weighted by atomic mass is 9.95. The summed E-state index contributed by atoms with van der Waals surface area (Å²) in [7, 11) is 0. The van der Waals surface area contributed by atoms with E-state index in [1.165, 1.54) is 12.0 Å². The molecule has 0 radical (unpaired) electrons. The molecule has 0 N–H and O–H groups in total. The average molecular weight is 309 g/mol. The Balaban J connectivity index is 2.42. The first-order valence-corrected chi connectivity index (χ1v) is 7.36. The molecule has 0 saturated heterocycles. The smallest absolute Gasteiger partial charge is 0.131 e. The molecule has 0 aliphatic rings. The number of benzene rings is 2. The van der Waals surface area contributed by atoms with Crippen molar-refractivity contribution in [3.8, 4) is 0 Å². The lowest BCUT2D eigenvalue weighted by Gasteiger charge is -2.17. The summed E-state index contributed by atoms with van der Waals surface area (Å²) in [6, 6.07) is 11.2. The Morgan fingerprint density at radius 3 is 2.44 bits per heavy atom. The molecular formula is C16H18BrF. The van der Waals surface area contributed by atoms with Crippen LogP contribution in [0.4, 0.5) is 4.39 Å². The van der Waals surface area contributed by atoms with Crippen molar-refractivity contribution in [2.75, 3.05) is 0 Å². The zero-order valence-electron chi connectivity index (χ0n) is 10.8. The zero-order valence-corrected chi connectivity index (χ0v) is 12.4. The molecule has 2 rings (SSSR count). The molecule has 0 bridgehead atoms. The topological polar surface area (TPSA) is 0 Å².